The number of ketones is 1. The molecule has 0 saturated carbocycles. The Kier molecular flexibility index (Phi) is 3.56. The predicted molar refractivity (Wildman–Crippen MR) is 78.6 cm³/mol. The highest BCUT2D eigenvalue weighted by Gasteiger charge is 2.09. The summed E-state index contributed by atoms with van der Waals surface area (Å²) in [5.74, 6) is 0.0280. The molecule has 0 amide bonds. The van der Waals surface area contributed by atoms with Gasteiger partial charge in [0.25, 0.3) is 0 Å². The molecule has 96 valence electrons. The van der Waals surface area contributed by atoms with Crippen molar-refractivity contribution in [3.8, 4) is 0 Å². The fourth-order valence-corrected chi connectivity index (χ4v) is 2.99. The summed E-state index contributed by atoms with van der Waals surface area (Å²) < 4.78 is 0. The highest BCUT2D eigenvalue weighted by molar-refractivity contribution is 7.11. The second kappa shape index (κ2) is 5.49. The van der Waals surface area contributed by atoms with Crippen molar-refractivity contribution >= 4 is 23.2 Å². The number of aromatic nitrogens is 1. The van der Waals surface area contributed by atoms with E-state index in [4.69, 9.17) is 0 Å². The second-order valence-corrected chi connectivity index (χ2v) is 5.68. The van der Waals surface area contributed by atoms with Crippen LogP contribution < -0.4 is 0 Å². The molecule has 1 aromatic heterocycles. The topological polar surface area (TPSA) is 30.0 Å². The number of fused-ring (bicyclic) bond motifs is 1. The van der Waals surface area contributed by atoms with Gasteiger partial charge in [-0.15, -0.1) is 11.3 Å². The first-order chi connectivity index (χ1) is 9.33. The number of hydrogen-bond donors (Lipinski definition) is 0. The largest absolute Gasteiger partial charge is 0.288 e. The number of hydrogen-bond acceptors (Lipinski definition) is 3. The zero-order valence-corrected chi connectivity index (χ0v) is 11.5. The number of aryl methyl sites for hydroxylation is 2. The van der Waals surface area contributed by atoms with E-state index in [2.05, 4.69) is 23.2 Å². The van der Waals surface area contributed by atoms with Crippen LogP contribution in [0.25, 0.3) is 6.08 Å². The minimum absolute atomic E-state index is 0.0280. The lowest BCUT2D eigenvalue weighted by Crippen LogP contribution is -2.02. The Balaban J connectivity index is 1.78. The number of thiazole rings is 1. The maximum absolute atomic E-state index is 11.9. The van der Waals surface area contributed by atoms with Crippen molar-refractivity contribution in [3.05, 3.63) is 57.6 Å². The Bertz CT molecular complexity index is 614. The molecule has 3 rings (SSSR count). The van der Waals surface area contributed by atoms with Gasteiger partial charge in [0.2, 0.25) is 0 Å². The normalized spacial score (nSPS) is 14.5. The molecule has 3 heteroatoms. The highest BCUT2D eigenvalue weighted by Crippen LogP contribution is 2.22. The zero-order chi connectivity index (χ0) is 13.1. The SMILES string of the molecule is O=C(/C=C/c1ccc2c(c1)CCCC2)c1cncs1. The number of nitrogens with zero attached hydrogens (tertiary/aromatic N) is 1. The fourth-order valence-electron chi connectivity index (χ4n) is 2.45. The molecule has 19 heavy (non-hydrogen) atoms. The molecule has 0 N–H and O–H groups in total. The van der Waals surface area contributed by atoms with Crippen LogP contribution in [0.3, 0.4) is 0 Å². The summed E-state index contributed by atoms with van der Waals surface area (Å²) in [6.45, 7) is 0. The molecule has 0 atom stereocenters. The van der Waals surface area contributed by atoms with E-state index in [-0.39, 0.29) is 5.78 Å². The van der Waals surface area contributed by atoms with Crippen molar-refractivity contribution < 1.29 is 4.79 Å². The minimum atomic E-state index is 0.0280. The number of allylic oxidation sites excluding steroid dienone is 1. The van der Waals surface area contributed by atoms with Crippen molar-refractivity contribution in [1.82, 2.24) is 4.98 Å². The van der Waals surface area contributed by atoms with E-state index in [1.165, 1.54) is 48.1 Å². The summed E-state index contributed by atoms with van der Waals surface area (Å²) in [6, 6.07) is 6.51. The first-order valence-electron chi connectivity index (χ1n) is 6.55. The van der Waals surface area contributed by atoms with Crippen molar-refractivity contribution in [2.24, 2.45) is 0 Å². The molecule has 1 aromatic carbocycles. The summed E-state index contributed by atoms with van der Waals surface area (Å²) >= 11 is 1.38. The lowest BCUT2D eigenvalue weighted by molar-refractivity contribution is 0.105. The van der Waals surface area contributed by atoms with Crippen molar-refractivity contribution in [3.63, 3.8) is 0 Å². The van der Waals surface area contributed by atoms with Gasteiger partial charge in [0.1, 0.15) is 0 Å². The number of carbonyl (C=O) groups excluding carboxylic acids is 1. The van der Waals surface area contributed by atoms with E-state index in [1.807, 2.05) is 6.08 Å². The third-order valence-electron chi connectivity index (χ3n) is 3.47. The third-order valence-corrected chi connectivity index (χ3v) is 4.26. The van der Waals surface area contributed by atoms with Crippen molar-refractivity contribution in [1.29, 1.82) is 0 Å². The van der Waals surface area contributed by atoms with Gasteiger partial charge in [-0.3, -0.25) is 9.78 Å². The molecule has 1 aliphatic carbocycles. The van der Waals surface area contributed by atoms with Crippen LogP contribution in [0, 0.1) is 0 Å². The van der Waals surface area contributed by atoms with E-state index in [0.29, 0.717) is 4.88 Å². The van der Waals surface area contributed by atoms with Crippen LogP contribution in [0.1, 0.15) is 39.2 Å². The van der Waals surface area contributed by atoms with Crippen LogP contribution in [0.2, 0.25) is 0 Å². The molecule has 1 aliphatic rings. The van der Waals surface area contributed by atoms with E-state index in [1.54, 1.807) is 17.8 Å². The van der Waals surface area contributed by atoms with E-state index < -0.39 is 0 Å². The summed E-state index contributed by atoms with van der Waals surface area (Å²) in [7, 11) is 0. The maximum Gasteiger partial charge on any atom is 0.197 e. The summed E-state index contributed by atoms with van der Waals surface area (Å²) in [5.41, 5.74) is 5.70. The van der Waals surface area contributed by atoms with Crippen LogP contribution in [-0.2, 0) is 12.8 Å². The minimum Gasteiger partial charge on any atom is -0.288 e. The van der Waals surface area contributed by atoms with E-state index in [0.717, 1.165) is 5.56 Å². The molecule has 0 unspecified atom stereocenters. The van der Waals surface area contributed by atoms with Gasteiger partial charge in [-0.25, -0.2) is 0 Å². The Morgan fingerprint density at radius 2 is 2.05 bits per heavy atom. The van der Waals surface area contributed by atoms with E-state index in [9.17, 15) is 4.79 Å². The van der Waals surface area contributed by atoms with Crippen molar-refractivity contribution in [2.45, 2.75) is 25.7 Å². The quantitative estimate of drug-likeness (QED) is 0.624. The average Bonchev–Trinajstić information content (AvgIpc) is 2.99. The fraction of sp³-hybridized carbons (Fsp3) is 0.250. The molecule has 0 saturated heterocycles. The Labute approximate surface area is 116 Å². The Morgan fingerprint density at radius 1 is 1.21 bits per heavy atom. The third kappa shape index (κ3) is 2.82. The van der Waals surface area contributed by atoms with Crippen LogP contribution >= 0.6 is 11.3 Å². The first kappa shape index (κ1) is 12.3. The lowest BCUT2D eigenvalue weighted by Gasteiger charge is -2.15. The molecule has 0 aliphatic heterocycles. The van der Waals surface area contributed by atoms with Gasteiger partial charge in [0.15, 0.2) is 5.78 Å². The summed E-state index contributed by atoms with van der Waals surface area (Å²) in [6.07, 6.45) is 10.1. The monoisotopic (exact) mass is 269 g/mol. The molecule has 1 heterocycles. The summed E-state index contributed by atoms with van der Waals surface area (Å²) in [5, 5.41) is 0. The Morgan fingerprint density at radius 3 is 2.84 bits per heavy atom. The molecular weight excluding hydrogens is 254 g/mol. The molecule has 0 spiro atoms. The average molecular weight is 269 g/mol. The molecule has 0 fully saturated rings. The molecule has 2 nitrogen and oxygen atoms in total. The molecular formula is C16H15NOS. The number of benzene rings is 1. The van der Waals surface area contributed by atoms with Crippen LogP contribution in [-0.4, -0.2) is 10.8 Å². The van der Waals surface area contributed by atoms with Crippen molar-refractivity contribution in [2.75, 3.05) is 0 Å². The van der Waals surface area contributed by atoms with Gasteiger partial charge >= 0.3 is 0 Å². The van der Waals surface area contributed by atoms with Gasteiger partial charge in [-0.1, -0.05) is 24.3 Å². The first-order valence-corrected chi connectivity index (χ1v) is 7.43. The summed E-state index contributed by atoms with van der Waals surface area (Å²) in [4.78, 5) is 16.5. The Hall–Kier alpha value is -1.74. The van der Waals surface area contributed by atoms with Gasteiger partial charge < -0.3 is 0 Å². The second-order valence-electron chi connectivity index (χ2n) is 4.80. The number of carbonyl (C=O) groups is 1. The van der Waals surface area contributed by atoms with Gasteiger partial charge in [-0.05, 0) is 48.4 Å². The predicted octanol–water partition coefficient (Wildman–Crippen LogP) is 3.92. The smallest absolute Gasteiger partial charge is 0.197 e. The zero-order valence-electron chi connectivity index (χ0n) is 10.6. The number of rotatable bonds is 3. The molecule has 0 radical (unpaired) electrons. The molecule has 0 bridgehead atoms. The lowest BCUT2D eigenvalue weighted by atomic mass is 9.90. The van der Waals surface area contributed by atoms with Gasteiger partial charge in [-0.2, -0.15) is 0 Å². The maximum atomic E-state index is 11.9. The van der Waals surface area contributed by atoms with Gasteiger partial charge in [0.05, 0.1) is 10.4 Å². The van der Waals surface area contributed by atoms with Gasteiger partial charge in [0, 0.05) is 6.20 Å². The molecule has 2 aromatic rings. The standard InChI is InChI=1S/C16H15NOS/c18-15(16-10-17-11-19-16)8-6-12-5-7-13-3-1-2-4-14(13)9-12/h5-11H,1-4H2/b8-6+. The van der Waals surface area contributed by atoms with Crippen LogP contribution in [0.5, 0.6) is 0 Å². The van der Waals surface area contributed by atoms with Crippen LogP contribution in [0.4, 0.5) is 0 Å². The van der Waals surface area contributed by atoms with Crippen LogP contribution in [0.15, 0.2) is 36.0 Å². The highest BCUT2D eigenvalue weighted by atomic mass is 32.1. The van der Waals surface area contributed by atoms with E-state index >= 15 is 0 Å².